The second-order valence-corrected chi connectivity index (χ2v) is 10.2. The molecule has 0 radical (unpaired) electrons. The molecule has 0 bridgehead atoms. The third-order valence-corrected chi connectivity index (χ3v) is 5.78. The Hall–Kier alpha value is -3.04. The van der Waals surface area contributed by atoms with Gasteiger partial charge in [0.05, 0.1) is 18.8 Å². The zero-order valence-electron chi connectivity index (χ0n) is 21.7. The number of carbonyl (C=O) groups is 2. The number of rotatable bonds is 13. The second-order valence-electron chi connectivity index (χ2n) is 10.2. The minimum atomic E-state index is -1.21. The Bertz CT molecular complexity index is 1010. The van der Waals surface area contributed by atoms with Crippen molar-refractivity contribution in [2.75, 3.05) is 0 Å². The molecule has 37 heavy (non-hydrogen) atoms. The van der Waals surface area contributed by atoms with Crippen LogP contribution in [0.4, 0.5) is 13.6 Å². The molecule has 0 saturated carbocycles. The van der Waals surface area contributed by atoms with Crippen molar-refractivity contribution in [3.05, 3.63) is 71.3 Å². The Balaban J connectivity index is 2.15. The number of ether oxygens (including phenoxy) is 2. The van der Waals surface area contributed by atoms with E-state index in [0.717, 1.165) is 11.6 Å². The maximum Gasteiger partial charge on any atom is 0.408 e. The molecule has 2 aromatic rings. The van der Waals surface area contributed by atoms with Crippen molar-refractivity contribution in [3.8, 4) is 0 Å². The summed E-state index contributed by atoms with van der Waals surface area (Å²) in [6.45, 7) is 6.82. The molecular weight excluding hydrogens is 484 g/mol. The Labute approximate surface area is 216 Å². The maximum absolute atomic E-state index is 14.5. The number of carboxylic acids is 1. The summed E-state index contributed by atoms with van der Waals surface area (Å²) in [5.74, 6) is -3.02. The number of carbonyl (C=O) groups excluding carboxylic acids is 1. The first-order valence-corrected chi connectivity index (χ1v) is 12.4. The SMILES string of the molecule is C[C@H](O)C(OCc1ccccc1)[C@H](CCC[C@H](NC(=O)OC(C)(C)C)C(=O)O)Cc1ccc(F)cc1F. The van der Waals surface area contributed by atoms with E-state index in [1.165, 1.54) is 12.1 Å². The summed E-state index contributed by atoms with van der Waals surface area (Å²) in [6, 6.07) is 11.5. The van der Waals surface area contributed by atoms with E-state index in [0.29, 0.717) is 12.8 Å². The Morgan fingerprint density at radius 1 is 1.05 bits per heavy atom. The molecule has 2 aromatic carbocycles. The highest BCUT2D eigenvalue weighted by atomic mass is 19.1. The minimum Gasteiger partial charge on any atom is -0.480 e. The molecule has 1 unspecified atom stereocenters. The lowest BCUT2D eigenvalue weighted by Crippen LogP contribution is -2.43. The number of amides is 1. The molecule has 0 heterocycles. The van der Waals surface area contributed by atoms with E-state index >= 15 is 0 Å². The van der Waals surface area contributed by atoms with E-state index < -0.39 is 53.5 Å². The quantitative estimate of drug-likeness (QED) is 0.333. The first-order valence-electron chi connectivity index (χ1n) is 12.4. The zero-order valence-corrected chi connectivity index (χ0v) is 21.7. The summed E-state index contributed by atoms with van der Waals surface area (Å²) in [6.07, 6.45) is -1.52. The molecule has 1 amide bonds. The molecule has 2 rings (SSSR count). The Morgan fingerprint density at radius 3 is 2.30 bits per heavy atom. The van der Waals surface area contributed by atoms with Gasteiger partial charge in [-0.1, -0.05) is 42.8 Å². The number of hydrogen-bond acceptors (Lipinski definition) is 5. The molecule has 0 saturated heterocycles. The number of carboxylic acid groups (broad SMARTS) is 1. The van der Waals surface area contributed by atoms with Crippen molar-refractivity contribution in [1.82, 2.24) is 5.32 Å². The number of nitrogens with one attached hydrogen (secondary N) is 1. The van der Waals surface area contributed by atoms with E-state index in [-0.39, 0.29) is 25.0 Å². The van der Waals surface area contributed by atoms with Crippen LogP contribution in [0.25, 0.3) is 0 Å². The number of alkyl carbamates (subject to hydrolysis) is 1. The van der Waals surface area contributed by atoms with Crippen LogP contribution < -0.4 is 5.32 Å². The fourth-order valence-electron chi connectivity index (χ4n) is 4.08. The number of halogens is 2. The Kier molecular flexibility index (Phi) is 11.5. The van der Waals surface area contributed by atoms with Crippen LogP contribution in [0, 0.1) is 17.6 Å². The van der Waals surface area contributed by atoms with Crippen molar-refractivity contribution in [2.45, 2.75) is 83.8 Å². The maximum atomic E-state index is 14.5. The lowest BCUT2D eigenvalue weighted by Gasteiger charge is -2.30. The van der Waals surface area contributed by atoms with Crippen molar-refractivity contribution < 1.29 is 38.1 Å². The second kappa shape index (κ2) is 14.0. The largest absolute Gasteiger partial charge is 0.480 e. The van der Waals surface area contributed by atoms with Crippen molar-refractivity contribution in [1.29, 1.82) is 0 Å². The Morgan fingerprint density at radius 2 is 1.73 bits per heavy atom. The van der Waals surface area contributed by atoms with Gasteiger partial charge in [0.25, 0.3) is 0 Å². The normalized spacial score (nSPS) is 14.9. The van der Waals surface area contributed by atoms with Gasteiger partial charge in [-0.25, -0.2) is 18.4 Å². The van der Waals surface area contributed by atoms with Crippen LogP contribution in [0.5, 0.6) is 0 Å². The first-order chi connectivity index (χ1) is 17.4. The predicted octanol–water partition coefficient (Wildman–Crippen LogP) is 5.24. The van der Waals surface area contributed by atoms with E-state index in [2.05, 4.69) is 5.32 Å². The molecule has 4 atom stereocenters. The molecule has 9 heteroatoms. The van der Waals surface area contributed by atoms with Gasteiger partial charge >= 0.3 is 12.1 Å². The summed E-state index contributed by atoms with van der Waals surface area (Å²) < 4.78 is 39.1. The molecule has 204 valence electrons. The zero-order chi connectivity index (χ0) is 27.6. The summed E-state index contributed by atoms with van der Waals surface area (Å²) in [5.41, 5.74) is 0.382. The summed E-state index contributed by atoms with van der Waals surface area (Å²) in [7, 11) is 0. The first kappa shape index (κ1) is 30.2. The van der Waals surface area contributed by atoms with Crippen LogP contribution in [0.2, 0.25) is 0 Å². The van der Waals surface area contributed by atoms with Crippen LogP contribution >= 0.6 is 0 Å². The van der Waals surface area contributed by atoms with Crippen LogP contribution in [0.15, 0.2) is 48.5 Å². The van der Waals surface area contributed by atoms with Gasteiger partial charge in [0, 0.05) is 6.07 Å². The average Bonchev–Trinajstić information content (AvgIpc) is 2.79. The summed E-state index contributed by atoms with van der Waals surface area (Å²) in [4.78, 5) is 23.8. The number of aliphatic hydroxyl groups excluding tert-OH is 1. The fourth-order valence-corrected chi connectivity index (χ4v) is 4.08. The lowest BCUT2D eigenvalue weighted by atomic mass is 9.86. The molecule has 0 aliphatic heterocycles. The van der Waals surface area contributed by atoms with Crippen molar-refractivity contribution >= 4 is 12.1 Å². The van der Waals surface area contributed by atoms with E-state index in [4.69, 9.17) is 9.47 Å². The fraction of sp³-hybridized carbons (Fsp3) is 0.500. The molecule has 3 N–H and O–H groups in total. The van der Waals surface area contributed by atoms with Gasteiger partial charge < -0.3 is 25.0 Å². The highest BCUT2D eigenvalue weighted by Gasteiger charge is 2.29. The van der Waals surface area contributed by atoms with Gasteiger partial charge in [-0.15, -0.1) is 0 Å². The van der Waals surface area contributed by atoms with Crippen LogP contribution in [0.1, 0.15) is 58.1 Å². The number of benzene rings is 2. The predicted molar refractivity (Wildman–Crippen MR) is 135 cm³/mol. The molecular formula is C28H37F2NO6. The third kappa shape index (κ3) is 10.9. The van der Waals surface area contributed by atoms with Gasteiger partial charge in [-0.3, -0.25) is 0 Å². The van der Waals surface area contributed by atoms with E-state index in [1.54, 1.807) is 27.7 Å². The summed E-state index contributed by atoms with van der Waals surface area (Å²) in [5, 5.41) is 22.5. The molecule has 0 spiro atoms. The van der Waals surface area contributed by atoms with Gasteiger partial charge in [0.1, 0.15) is 23.3 Å². The third-order valence-electron chi connectivity index (χ3n) is 5.78. The highest BCUT2D eigenvalue weighted by molar-refractivity contribution is 5.79. The number of aliphatic hydroxyl groups is 1. The lowest BCUT2D eigenvalue weighted by molar-refractivity contribution is -0.139. The van der Waals surface area contributed by atoms with Crippen molar-refractivity contribution in [2.24, 2.45) is 5.92 Å². The number of hydrogen-bond donors (Lipinski definition) is 3. The van der Waals surface area contributed by atoms with Gasteiger partial charge in [-0.05, 0) is 70.1 Å². The molecule has 0 aliphatic carbocycles. The monoisotopic (exact) mass is 521 g/mol. The molecule has 0 aliphatic rings. The highest BCUT2D eigenvalue weighted by Crippen LogP contribution is 2.26. The minimum absolute atomic E-state index is 0.0855. The van der Waals surface area contributed by atoms with Crippen LogP contribution in [-0.4, -0.2) is 46.1 Å². The molecule has 7 nitrogen and oxygen atoms in total. The smallest absolute Gasteiger partial charge is 0.408 e. The standard InChI is InChI=1S/C28H37F2NO6/c1-18(32)25(36-17-19-9-6-5-7-10-19)21(15-20-13-14-22(29)16-23(20)30)11-8-12-24(26(33)34)31-27(35)37-28(2,3)4/h5-7,9-10,13-14,16,18,21,24-25,32H,8,11-12,15,17H2,1-4H3,(H,31,35)(H,33,34)/t18-,21+,24-,25?/m0/s1. The van der Waals surface area contributed by atoms with Crippen molar-refractivity contribution in [3.63, 3.8) is 0 Å². The number of aliphatic carboxylic acids is 1. The molecule has 0 fully saturated rings. The topological polar surface area (TPSA) is 105 Å². The molecule has 0 aromatic heterocycles. The average molecular weight is 522 g/mol. The van der Waals surface area contributed by atoms with E-state index in [1.807, 2.05) is 30.3 Å². The summed E-state index contributed by atoms with van der Waals surface area (Å²) >= 11 is 0. The van der Waals surface area contributed by atoms with Crippen LogP contribution in [0.3, 0.4) is 0 Å². The van der Waals surface area contributed by atoms with Gasteiger partial charge in [0.15, 0.2) is 0 Å². The van der Waals surface area contributed by atoms with Gasteiger partial charge in [-0.2, -0.15) is 0 Å². The van der Waals surface area contributed by atoms with Crippen LogP contribution in [-0.2, 0) is 27.3 Å². The van der Waals surface area contributed by atoms with E-state index in [9.17, 15) is 28.6 Å². The van der Waals surface area contributed by atoms with Gasteiger partial charge in [0.2, 0.25) is 0 Å².